The fourth-order valence-electron chi connectivity index (χ4n) is 5.67. The van der Waals surface area contributed by atoms with Gasteiger partial charge in [-0.05, 0) is 46.5 Å². The molecule has 3 aromatic carbocycles. The van der Waals surface area contributed by atoms with Crippen LogP contribution in [0.15, 0.2) is 72.8 Å². The lowest BCUT2D eigenvalue weighted by atomic mass is 9.51. The summed E-state index contributed by atoms with van der Waals surface area (Å²) < 4.78 is 11.4. The fraction of sp³-hybridized carbons (Fsp3) is 0.259. The molecule has 7 nitrogen and oxygen atoms in total. The van der Waals surface area contributed by atoms with E-state index in [4.69, 9.17) is 9.47 Å². The van der Waals surface area contributed by atoms with Crippen LogP contribution in [-0.4, -0.2) is 42.4 Å². The second-order valence-corrected chi connectivity index (χ2v) is 8.52. The van der Waals surface area contributed by atoms with Crippen LogP contribution in [0.2, 0.25) is 0 Å². The van der Waals surface area contributed by atoms with Gasteiger partial charge in [-0.15, -0.1) is 0 Å². The van der Waals surface area contributed by atoms with Crippen LogP contribution in [0.3, 0.4) is 0 Å². The van der Waals surface area contributed by atoms with Gasteiger partial charge in [0.15, 0.2) is 0 Å². The van der Waals surface area contributed by atoms with Crippen molar-refractivity contribution in [2.24, 2.45) is 11.8 Å². The van der Waals surface area contributed by atoms with Crippen LogP contribution in [0.5, 0.6) is 5.75 Å². The van der Waals surface area contributed by atoms with E-state index in [2.05, 4.69) is 5.32 Å². The van der Waals surface area contributed by atoms with E-state index in [1.165, 1.54) is 0 Å². The van der Waals surface area contributed by atoms with Crippen molar-refractivity contribution in [2.45, 2.75) is 11.5 Å². The zero-order valence-corrected chi connectivity index (χ0v) is 18.6. The molecule has 1 amide bonds. The molecule has 0 radical (unpaired) electrons. The minimum Gasteiger partial charge on any atom is -0.497 e. The molecule has 3 aromatic rings. The number of carbonyl (C=O) groups is 2. The Morgan fingerprint density at radius 1 is 0.941 bits per heavy atom. The Labute approximate surface area is 197 Å². The highest BCUT2D eigenvalue weighted by molar-refractivity contribution is 5.98. The quantitative estimate of drug-likeness (QED) is 0.501. The van der Waals surface area contributed by atoms with Crippen LogP contribution in [0, 0.1) is 11.8 Å². The van der Waals surface area contributed by atoms with Crippen molar-refractivity contribution in [3.63, 3.8) is 0 Å². The SMILES string of the molecule is COc1ccc(NC(=O)C2C3c4ccccc4C(OCCO)(c4ccccc43)C2C(=O)O)cc1. The third-order valence-electron chi connectivity index (χ3n) is 6.90. The number of hydrogen-bond acceptors (Lipinski definition) is 5. The number of fused-ring (bicyclic) bond motifs is 1. The van der Waals surface area contributed by atoms with Crippen LogP contribution in [0.25, 0.3) is 0 Å². The van der Waals surface area contributed by atoms with E-state index >= 15 is 0 Å². The maximum atomic E-state index is 13.8. The van der Waals surface area contributed by atoms with Gasteiger partial charge in [0.1, 0.15) is 17.3 Å². The molecule has 2 atom stereocenters. The predicted octanol–water partition coefficient (Wildman–Crippen LogP) is 3.36. The zero-order valence-electron chi connectivity index (χ0n) is 18.6. The van der Waals surface area contributed by atoms with E-state index in [1.54, 1.807) is 31.4 Å². The second kappa shape index (κ2) is 8.59. The highest BCUT2D eigenvalue weighted by Crippen LogP contribution is 2.62. The fourth-order valence-corrected chi connectivity index (χ4v) is 5.67. The third-order valence-corrected chi connectivity index (χ3v) is 6.90. The summed E-state index contributed by atoms with van der Waals surface area (Å²) in [6.45, 7) is -0.339. The lowest BCUT2D eigenvalue weighted by Gasteiger charge is -2.55. The number of anilines is 1. The molecular formula is C27H25NO6. The topological polar surface area (TPSA) is 105 Å². The average molecular weight is 459 g/mol. The van der Waals surface area contributed by atoms with Crippen molar-refractivity contribution in [3.05, 3.63) is 95.1 Å². The summed E-state index contributed by atoms with van der Waals surface area (Å²) in [6.07, 6.45) is 0. The molecule has 0 fully saturated rings. The number of amides is 1. The van der Waals surface area contributed by atoms with Crippen LogP contribution in [0.1, 0.15) is 28.2 Å². The van der Waals surface area contributed by atoms with Crippen molar-refractivity contribution in [3.8, 4) is 5.75 Å². The van der Waals surface area contributed by atoms with Gasteiger partial charge in [0.2, 0.25) is 5.91 Å². The Kier molecular flexibility index (Phi) is 5.59. The summed E-state index contributed by atoms with van der Waals surface area (Å²) in [5.41, 5.74) is 2.33. The smallest absolute Gasteiger partial charge is 0.311 e. The molecule has 7 heteroatoms. The van der Waals surface area contributed by atoms with Crippen LogP contribution in [-0.2, 0) is 19.9 Å². The Morgan fingerprint density at radius 2 is 1.53 bits per heavy atom. The number of hydrogen-bond donors (Lipinski definition) is 3. The lowest BCUT2D eigenvalue weighted by Crippen LogP contribution is -2.59. The number of methoxy groups -OCH3 is 1. The van der Waals surface area contributed by atoms with Gasteiger partial charge >= 0.3 is 5.97 Å². The normalized spacial score (nSPS) is 24.1. The predicted molar refractivity (Wildman–Crippen MR) is 125 cm³/mol. The molecule has 174 valence electrons. The van der Waals surface area contributed by atoms with Gasteiger partial charge in [0.05, 0.1) is 26.2 Å². The van der Waals surface area contributed by atoms with Crippen molar-refractivity contribution in [1.82, 2.24) is 0 Å². The van der Waals surface area contributed by atoms with Gasteiger partial charge in [-0.1, -0.05) is 48.5 Å². The number of nitrogens with one attached hydrogen (secondary N) is 1. The number of carboxylic acids is 1. The molecule has 0 aliphatic heterocycles. The third kappa shape index (κ3) is 3.20. The van der Waals surface area contributed by atoms with E-state index in [-0.39, 0.29) is 13.2 Å². The summed E-state index contributed by atoms with van der Waals surface area (Å²) in [6, 6.07) is 21.9. The van der Waals surface area contributed by atoms with E-state index < -0.39 is 35.2 Å². The van der Waals surface area contributed by atoms with Gasteiger partial charge in [-0.2, -0.15) is 0 Å². The first-order chi connectivity index (χ1) is 16.5. The number of aliphatic hydroxyl groups excluding tert-OH is 1. The Balaban J connectivity index is 1.69. The number of aliphatic carboxylic acids is 1. The largest absolute Gasteiger partial charge is 0.497 e. The number of ether oxygens (including phenoxy) is 2. The summed E-state index contributed by atoms with van der Waals surface area (Å²) in [4.78, 5) is 26.6. The molecule has 0 aromatic heterocycles. The minimum absolute atomic E-state index is 0.0655. The number of aliphatic hydroxyl groups is 1. The van der Waals surface area contributed by atoms with Gasteiger partial charge in [-0.25, -0.2) is 0 Å². The number of carbonyl (C=O) groups excluding carboxylic acids is 1. The highest BCUT2D eigenvalue weighted by atomic mass is 16.5. The lowest BCUT2D eigenvalue weighted by molar-refractivity contribution is -0.169. The zero-order chi connectivity index (χ0) is 23.9. The Hall–Kier alpha value is -3.68. The van der Waals surface area contributed by atoms with E-state index in [9.17, 15) is 19.8 Å². The molecular weight excluding hydrogens is 434 g/mol. The first-order valence-corrected chi connectivity index (χ1v) is 11.1. The van der Waals surface area contributed by atoms with E-state index in [0.29, 0.717) is 11.4 Å². The van der Waals surface area contributed by atoms with Crippen molar-refractivity contribution < 1.29 is 29.3 Å². The van der Waals surface area contributed by atoms with Crippen LogP contribution in [0.4, 0.5) is 5.69 Å². The maximum Gasteiger partial charge on any atom is 0.311 e. The molecule has 3 aliphatic rings. The molecule has 0 spiro atoms. The second-order valence-electron chi connectivity index (χ2n) is 8.52. The first kappa shape index (κ1) is 22.1. The van der Waals surface area contributed by atoms with Crippen molar-refractivity contribution >= 4 is 17.6 Å². The number of carboxylic acid groups (broad SMARTS) is 1. The monoisotopic (exact) mass is 459 g/mol. The van der Waals surface area contributed by atoms with Gasteiger partial charge in [0.25, 0.3) is 0 Å². The molecule has 3 aliphatic carbocycles. The van der Waals surface area contributed by atoms with Gasteiger partial charge < -0.3 is 25.0 Å². The first-order valence-electron chi connectivity index (χ1n) is 11.1. The van der Waals surface area contributed by atoms with Crippen LogP contribution >= 0.6 is 0 Å². The molecule has 6 rings (SSSR count). The van der Waals surface area contributed by atoms with Crippen LogP contribution < -0.4 is 10.1 Å². The minimum atomic E-state index is -1.40. The highest BCUT2D eigenvalue weighted by Gasteiger charge is 2.64. The summed E-state index contributed by atoms with van der Waals surface area (Å²) >= 11 is 0. The van der Waals surface area contributed by atoms with E-state index in [1.807, 2.05) is 48.5 Å². The molecule has 0 heterocycles. The number of benzene rings is 3. The molecule has 0 saturated carbocycles. The standard InChI is InChI=1S/C27H25NO6/c1-33-17-12-10-16(11-13-17)28-25(30)23-22-18-6-2-4-8-20(18)27(34-15-14-29,24(23)26(31)32)21-9-5-3-7-19(21)22/h2-13,22-24,29H,14-15H2,1H3,(H,28,30)(H,31,32). The Morgan fingerprint density at radius 3 is 2.06 bits per heavy atom. The summed E-state index contributed by atoms with van der Waals surface area (Å²) in [5, 5.41) is 23.0. The molecule has 0 saturated heterocycles. The summed E-state index contributed by atoms with van der Waals surface area (Å²) in [7, 11) is 1.56. The Bertz CT molecular complexity index is 1190. The van der Waals surface area contributed by atoms with Crippen molar-refractivity contribution in [1.29, 1.82) is 0 Å². The molecule has 3 N–H and O–H groups in total. The average Bonchev–Trinajstić information content (AvgIpc) is 2.87. The van der Waals surface area contributed by atoms with Gasteiger partial charge in [-0.3, -0.25) is 9.59 Å². The molecule has 2 bridgehead atoms. The van der Waals surface area contributed by atoms with E-state index in [0.717, 1.165) is 22.3 Å². The summed E-state index contributed by atoms with van der Waals surface area (Å²) in [5.74, 6) is -3.44. The van der Waals surface area contributed by atoms with Crippen molar-refractivity contribution in [2.75, 3.05) is 25.6 Å². The number of rotatable bonds is 7. The molecule has 2 unspecified atom stereocenters. The molecule has 34 heavy (non-hydrogen) atoms. The van der Waals surface area contributed by atoms with Gasteiger partial charge in [0, 0.05) is 11.6 Å². The maximum absolute atomic E-state index is 13.8.